The summed E-state index contributed by atoms with van der Waals surface area (Å²) in [5.41, 5.74) is 7.81. The number of anilines is 1. The number of carbonyl (C=O) groups is 3. The molecule has 4 N–H and O–H groups in total. The highest BCUT2D eigenvalue weighted by Crippen LogP contribution is 2.20. The second kappa shape index (κ2) is 12.7. The molecule has 0 saturated carbocycles. The molecule has 0 spiro atoms. The highest BCUT2D eigenvalue weighted by molar-refractivity contribution is 5.97. The van der Waals surface area contributed by atoms with E-state index in [1.807, 2.05) is 37.3 Å². The van der Waals surface area contributed by atoms with Crippen molar-refractivity contribution >= 4 is 23.4 Å². The van der Waals surface area contributed by atoms with Crippen molar-refractivity contribution in [3.05, 3.63) is 59.7 Å². The number of hydrogen-bond acceptors (Lipinski definition) is 5. The summed E-state index contributed by atoms with van der Waals surface area (Å²) in [6, 6.07) is 14.8. The molecule has 0 aliphatic carbocycles. The van der Waals surface area contributed by atoms with Crippen molar-refractivity contribution < 1.29 is 19.1 Å². The Hall–Kier alpha value is -3.39. The van der Waals surface area contributed by atoms with E-state index < -0.39 is 0 Å². The molecule has 1 fully saturated rings. The molecule has 1 aliphatic heterocycles. The summed E-state index contributed by atoms with van der Waals surface area (Å²) in [6.45, 7) is 5.16. The number of rotatable bonds is 11. The number of ether oxygens (including phenoxy) is 1. The summed E-state index contributed by atoms with van der Waals surface area (Å²) in [7, 11) is 0. The molecule has 1 heterocycles. The molecule has 1 unspecified atom stereocenters. The maximum absolute atomic E-state index is 12.4. The summed E-state index contributed by atoms with van der Waals surface area (Å²) in [5, 5.41) is 5.73. The predicted molar refractivity (Wildman–Crippen MR) is 131 cm³/mol. The normalized spacial score (nSPS) is 16.0. The van der Waals surface area contributed by atoms with E-state index in [-0.39, 0.29) is 23.6 Å². The molecule has 0 bridgehead atoms. The molecule has 3 rings (SSSR count). The first-order chi connectivity index (χ1) is 16.5. The average molecular weight is 467 g/mol. The molecule has 8 heteroatoms. The second-order valence-corrected chi connectivity index (χ2v) is 8.51. The van der Waals surface area contributed by atoms with Gasteiger partial charge >= 0.3 is 0 Å². The van der Waals surface area contributed by atoms with Gasteiger partial charge in [0.2, 0.25) is 11.8 Å². The molecule has 8 nitrogen and oxygen atoms in total. The maximum Gasteiger partial charge on any atom is 0.255 e. The van der Waals surface area contributed by atoms with Crippen LogP contribution in [0, 0.1) is 5.92 Å². The molecule has 1 aliphatic rings. The molecule has 2 aromatic carbocycles. The molecular weight excluding hydrogens is 432 g/mol. The van der Waals surface area contributed by atoms with Crippen LogP contribution in [0.5, 0.6) is 5.75 Å². The van der Waals surface area contributed by atoms with Gasteiger partial charge < -0.3 is 21.1 Å². The highest BCUT2D eigenvalue weighted by atomic mass is 16.5. The van der Waals surface area contributed by atoms with Crippen LogP contribution < -0.4 is 21.1 Å². The first-order valence-electron chi connectivity index (χ1n) is 11.9. The second-order valence-electron chi connectivity index (χ2n) is 8.51. The fourth-order valence-electron chi connectivity index (χ4n) is 4.09. The Kier molecular flexibility index (Phi) is 9.46. The molecule has 34 heavy (non-hydrogen) atoms. The average Bonchev–Trinajstić information content (AvgIpc) is 2.84. The first-order valence-corrected chi connectivity index (χ1v) is 11.9. The van der Waals surface area contributed by atoms with Gasteiger partial charge in [0.05, 0.1) is 18.1 Å². The van der Waals surface area contributed by atoms with E-state index in [9.17, 15) is 14.4 Å². The lowest BCUT2D eigenvalue weighted by Crippen LogP contribution is -2.40. The van der Waals surface area contributed by atoms with Gasteiger partial charge in [-0.1, -0.05) is 24.3 Å². The Morgan fingerprint density at radius 1 is 1.12 bits per heavy atom. The molecular formula is C26H34N4O4. The van der Waals surface area contributed by atoms with Gasteiger partial charge in [-0.25, -0.2) is 0 Å². The van der Waals surface area contributed by atoms with Crippen LogP contribution in [0.25, 0.3) is 0 Å². The molecule has 3 amide bonds. The monoisotopic (exact) mass is 466 g/mol. The van der Waals surface area contributed by atoms with Crippen molar-refractivity contribution in [1.29, 1.82) is 0 Å². The molecule has 1 atom stereocenters. The first kappa shape index (κ1) is 25.2. The number of likely N-dealkylation sites (tertiary alicyclic amines) is 1. The number of piperidine rings is 1. The third-order valence-corrected chi connectivity index (χ3v) is 5.85. The van der Waals surface area contributed by atoms with Gasteiger partial charge in [0.15, 0.2) is 0 Å². The van der Waals surface area contributed by atoms with Gasteiger partial charge in [0.25, 0.3) is 5.91 Å². The Morgan fingerprint density at radius 3 is 2.62 bits per heavy atom. The topological polar surface area (TPSA) is 114 Å². The molecule has 182 valence electrons. The number of nitrogens with zero attached hydrogens (tertiary/aromatic N) is 1. The van der Waals surface area contributed by atoms with Gasteiger partial charge in [-0.3, -0.25) is 19.3 Å². The van der Waals surface area contributed by atoms with Crippen LogP contribution >= 0.6 is 0 Å². The van der Waals surface area contributed by atoms with Crippen LogP contribution in [0.1, 0.15) is 48.5 Å². The Labute approximate surface area is 200 Å². The smallest absolute Gasteiger partial charge is 0.255 e. The van der Waals surface area contributed by atoms with E-state index in [0.717, 1.165) is 37.2 Å². The minimum atomic E-state index is -0.224. The van der Waals surface area contributed by atoms with E-state index in [1.54, 1.807) is 18.2 Å². The highest BCUT2D eigenvalue weighted by Gasteiger charge is 2.23. The van der Waals surface area contributed by atoms with Gasteiger partial charge in [0, 0.05) is 31.7 Å². The summed E-state index contributed by atoms with van der Waals surface area (Å²) in [5.74, 6) is -0.0567. The number of amides is 3. The van der Waals surface area contributed by atoms with E-state index in [1.165, 1.54) is 0 Å². The van der Waals surface area contributed by atoms with Crippen molar-refractivity contribution in [1.82, 2.24) is 10.2 Å². The van der Waals surface area contributed by atoms with Crippen LogP contribution in [0.4, 0.5) is 5.69 Å². The zero-order valence-electron chi connectivity index (χ0n) is 19.7. The Bertz CT molecular complexity index is 977. The Balaban J connectivity index is 1.38. The van der Waals surface area contributed by atoms with E-state index in [4.69, 9.17) is 10.5 Å². The molecule has 2 aromatic rings. The lowest BCUT2D eigenvalue weighted by Gasteiger charge is -2.31. The van der Waals surface area contributed by atoms with Crippen molar-refractivity contribution in [3.8, 4) is 5.75 Å². The predicted octanol–water partition coefficient (Wildman–Crippen LogP) is 2.93. The lowest BCUT2D eigenvalue weighted by molar-refractivity contribution is -0.123. The maximum atomic E-state index is 12.4. The van der Waals surface area contributed by atoms with E-state index in [2.05, 4.69) is 15.5 Å². The van der Waals surface area contributed by atoms with E-state index in [0.29, 0.717) is 43.9 Å². The zero-order valence-corrected chi connectivity index (χ0v) is 19.7. The number of nitrogens with two attached hydrogens (primary N) is 1. The molecule has 1 saturated heterocycles. The fraction of sp³-hybridized carbons (Fsp3) is 0.423. The van der Waals surface area contributed by atoms with E-state index >= 15 is 0 Å². The van der Waals surface area contributed by atoms with Gasteiger partial charge in [-0.05, 0) is 62.6 Å². The molecule has 0 radical (unpaired) electrons. The summed E-state index contributed by atoms with van der Waals surface area (Å²) < 4.78 is 5.49. The lowest BCUT2D eigenvalue weighted by atomic mass is 9.97. The van der Waals surface area contributed by atoms with Crippen molar-refractivity contribution in [2.75, 3.05) is 31.6 Å². The SMILES string of the molecule is CCOc1ccccc1C(=O)NCCCC(=O)Nc1ccc(CN2CCCC(C(N)=O)C2)cc1. The largest absolute Gasteiger partial charge is 0.493 e. The van der Waals surface area contributed by atoms with Crippen molar-refractivity contribution in [2.45, 2.75) is 39.2 Å². The van der Waals surface area contributed by atoms with Crippen LogP contribution in [0.2, 0.25) is 0 Å². The minimum absolute atomic E-state index is 0.0727. The quantitative estimate of drug-likeness (QED) is 0.441. The van der Waals surface area contributed by atoms with Crippen LogP contribution in [-0.2, 0) is 16.1 Å². The third kappa shape index (κ3) is 7.59. The van der Waals surface area contributed by atoms with Gasteiger partial charge in [0.1, 0.15) is 5.75 Å². The number of nitrogens with one attached hydrogen (secondary N) is 2. The number of primary amides is 1. The van der Waals surface area contributed by atoms with Crippen molar-refractivity contribution in [3.63, 3.8) is 0 Å². The third-order valence-electron chi connectivity index (χ3n) is 5.85. The number of hydrogen-bond donors (Lipinski definition) is 3. The standard InChI is InChI=1S/C26H34N4O4/c1-2-34-23-9-4-3-8-22(23)26(33)28-15-5-10-24(31)29-21-13-11-19(12-14-21)17-30-16-6-7-20(18-30)25(27)32/h3-4,8-9,11-14,20H,2,5-7,10,15-18H2,1H3,(H2,27,32)(H,28,33)(H,29,31). The molecule has 0 aromatic heterocycles. The minimum Gasteiger partial charge on any atom is -0.493 e. The van der Waals surface area contributed by atoms with Crippen LogP contribution in [0.3, 0.4) is 0 Å². The fourth-order valence-corrected chi connectivity index (χ4v) is 4.09. The summed E-state index contributed by atoms with van der Waals surface area (Å²) >= 11 is 0. The number of carbonyl (C=O) groups excluding carboxylic acids is 3. The zero-order chi connectivity index (χ0) is 24.3. The summed E-state index contributed by atoms with van der Waals surface area (Å²) in [4.78, 5) is 38.4. The van der Waals surface area contributed by atoms with Crippen LogP contribution in [-0.4, -0.2) is 48.9 Å². The van der Waals surface area contributed by atoms with Gasteiger partial charge in [-0.15, -0.1) is 0 Å². The van der Waals surface area contributed by atoms with Crippen molar-refractivity contribution in [2.24, 2.45) is 11.7 Å². The summed E-state index contributed by atoms with van der Waals surface area (Å²) in [6.07, 6.45) is 2.67. The Morgan fingerprint density at radius 2 is 1.88 bits per heavy atom. The van der Waals surface area contributed by atoms with Crippen LogP contribution in [0.15, 0.2) is 48.5 Å². The number of para-hydroxylation sites is 1. The number of benzene rings is 2. The van der Waals surface area contributed by atoms with Gasteiger partial charge in [-0.2, -0.15) is 0 Å².